The molecule has 0 aliphatic rings. The molecule has 0 fully saturated rings. The molecule has 0 aliphatic heterocycles. The Morgan fingerprint density at radius 2 is 2.14 bits per heavy atom. The number of nitrogens with zero attached hydrogens (tertiary/aromatic N) is 2. The molecule has 1 aromatic carbocycles. The summed E-state index contributed by atoms with van der Waals surface area (Å²) in [5.74, 6) is 0.0108. The van der Waals surface area contributed by atoms with Crippen LogP contribution in [0.15, 0.2) is 28.7 Å². The monoisotopic (exact) mass is 367 g/mol. The molecule has 2 heterocycles. The fourth-order valence-corrected chi connectivity index (χ4v) is 3.17. The van der Waals surface area contributed by atoms with Crippen LogP contribution in [0.3, 0.4) is 0 Å². The Labute approximate surface area is 132 Å². The number of benzene rings is 1. The number of halogens is 2. The maximum absolute atomic E-state index is 13.9. The van der Waals surface area contributed by atoms with E-state index >= 15 is 0 Å². The number of nitrogens with two attached hydrogens (primary N) is 1. The highest BCUT2D eigenvalue weighted by Gasteiger charge is 2.14. The van der Waals surface area contributed by atoms with Gasteiger partial charge in [0.15, 0.2) is 11.6 Å². The first-order valence-corrected chi connectivity index (χ1v) is 7.86. The fraction of sp³-hybridized carbons (Fsp3) is 0.143. The molecular weight excluding hydrogens is 357 g/mol. The zero-order valence-electron chi connectivity index (χ0n) is 11.1. The summed E-state index contributed by atoms with van der Waals surface area (Å²) in [7, 11) is 0. The Morgan fingerprint density at radius 3 is 2.86 bits per heavy atom. The highest BCUT2D eigenvalue weighted by molar-refractivity contribution is 9.10. The zero-order chi connectivity index (χ0) is 15.0. The topological polar surface area (TPSA) is 61.0 Å². The number of rotatable bonds is 3. The SMILES string of the molecule is CCc1cc2c(Oc3ccc(Br)cc3F)nc(N)nc2s1. The van der Waals surface area contributed by atoms with Gasteiger partial charge >= 0.3 is 0 Å². The third-order valence-corrected chi connectivity index (χ3v) is 4.54. The number of anilines is 1. The van der Waals surface area contributed by atoms with Crippen LogP contribution >= 0.6 is 27.3 Å². The molecule has 108 valence electrons. The predicted octanol–water partition coefficient (Wildman–Crippen LogP) is 4.53. The normalized spacial score (nSPS) is 11.0. The second-order valence-corrected chi connectivity index (χ2v) is 6.38. The van der Waals surface area contributed by atoms with E-state index in [0.29, 0.717) is 4.47 Å². The summed E-state index contributed by atoms with van der Waals surface area (Å²) in [5, 5.41) is 0.744. The Bertz CT molecular complexity index is 821. The number of hydrogen-bond acceptors (Lipinski definition) is 5. The van der Waals surface area contributed by atoms with Gasteiger partial charge in [0.1, 0.15) is 4.83 Å². The van der Waals surface area contributed by atoms with Crippen molar-refractivity contribution in [2.24, 2.45) is 0 Å². The average Bonchev–Trinajstić information content (AvgIpc) is 2.85. The van der Waals surface area contributed by atoms with E-state index in [2.05, 4.69) is 32.8 Å². The van der Waals surface area contributed by atoms with E-state index in [0.717, 1.165) is 21.5 Å². The van der Waals surface area contributed by atoms with Crippen LogP contribution in [0.2, 0.25) is 0 Å². The largest absolute Gasteiger partial charge is 0.435 e. The smallest absolute Gasteiger partial charge is 0.233 e. The van der Waals surface area contributed by atoms with Crippen LogP contribution in [0, 0.1) is 5.82 Å². The summed E-state index contributed by atoms with van der Waals surface area (Å²) in [6, 6.07) is 6.52. The molecule has 21 heavy (non-hydrogen) atoms. The summed E-state index contributed by atoms with van der Waals surface area (Å²) in [5.41, 5.74) is 5.69. The molecule has 4 nitrogen and oxygen atoms in total. The molecule has 3 rings (SSSR count). The molecule has 0 radical (unpaired) electrons. The fourth-order valence-electron chi connectivity index (χ4n) is 1.88. The van der Waals surface area contributed by atoms with Gasteiger partial charge in [-0.2, -0.15) is 4.98 Å². The zero-order valence-corrected chi connectivity index (χ0v) is 13.5. The lowest BCUT2D eigenvalue weighted by Gasteiger charge is -2.07. The summed E-state index contributed by atoms with van der Waals surface area (Å²) >= 11 is 4.74. The van der Waals surface area contributed by atoms with Crippen molar-refractivity contribution in [2.75, 3.05) is 5.73 Å². The van der Waals surface area contributed by atoms with Crippen molar-refractivity contribution in [1.29, 1.82) is 0 Å². The first kappa shape index (κ1) is 14.2. The second kappa shape index (κ2) is 5.57. The summed E-state index contributed by atoms with van der Waals surface area (Å²) in [6.07, 6.45) is 0.882. The van der Waals surface area contributed by atoms with E-state index in [4.69, 9.17) is 10.5 Å². The van der Waals surface area contributed by atoms with Gasteiger partial charge in [-0.25, -0.2) is 9.37 Å². The first-order chi connectivity index (χ1) is 10.1. The number of aromatic nitrogens is 2. The maximum atomic E-state index is 13.9. The van der Waals surface area contributed by atoms with E-state index in [1.807, 2.05) is 6.07 Å². The van der Waals surface area contributed by atoms with Gasteiger partial charge in [0.25, 0.3) is 0 Å². The molecule has 3 aromatic rings. The minimum absolute atomic E-state index is 0.0989. The van der Waals surface area contributed by atoms with Crippen molar-refractivity contribution < 1.29 is 9.13 Å². The van der Waals surface area contributed by atoms with E-state index in [1.54, 1.807) is 6.07 Å². The molecule has 0 bridgehead atoms. The lowest BCUT2D eigenvalue weighted by Crippen LogP contribution is -1.98. The Balaban J connectivity index is 2.08. The Kier molecular flexibility index (Phi) is 3.77. The summed E-state index contributed by atoms with van der Waals surface area (Å²) < 4.78 is 20.1. The third-order valence-electron chi connectivity index (χ3n) is 2.88. The van der Waals surface area contributed by atoms with Gasteiger partial charge in [0, 0.05) is 9.35 Å². The first-order valence-electron chi connectivity index (χ1n) is 6.25. The molecule has 0 unspecified atom stereocenters. The Hall–Kier alpha value is -1.73. The summed E-state index contributed by atoms with van der Waals surface area (Å²) in [4.78, 5) is 10.2. The van der Waals surface area contributed by atoms with Crippen molar-refractivity contribution in [3.8, 4) is 11.6 Å². The van der Waals surface area contributed by atoms with E-state index in [-0.39, 0.29) is 17.6 Å². The molecule has 2 N–H and O–H groups in total. The lowest BCUT2D eigenvalue weighted by atomic mass is 10.3. The molecule has 0 amide bonds. The molecule has 7 heteroatoms. The molecule has 0 spiro atoms. The standard InChI is InChI=1S/C14H11BrFN3OS/c1-2-8-6-9-12(18-14(17)19-13(9)21-8)20-11-4-3-7(15)5-10(11)16/h3-6H,2H2,1H3,(H2,17,18,19). The van der Waals surface area contributed by atoms with Gasteiger partial charge in [0.05, 0.1) is 5.39 Å². The van der Waals surface area contributed by atoms with Crippen LogP contribution in [0.1, 0.15) is 11.8 Å². The number of aryl methyl sites for hydroxylation is 1. The van der Waals surface area contributed by atoms with Crippen molar-refractivity contribution in [3.05, 3.63) is 39.4 Å². The second-order valence-electron chi connectivity index (χ2n) is 4.35. The van der Waals surface area contributed by atoms with Gasteiger partial charge in [-0.3, -0.25) is 0 Å². The van der Waals surface area contributed by atoms with Crippen LogP contribution in [-0.4, -0.2) is 9.97 Å². The van der Waals surface area contributed by atoms with Gasteiger partial charge in [-0.1, -0.05) is 22.9 Å². The lowest BCUT2D eigenvalue weighted by molar-refractivity contribution is 0.432. The maximum Gasteiger partial charge on any atom is 0.233 e. The quantitative estimate of drug-likeness (QED) is 0.738. The molecule has 0 saturated carbocycles. The van der Waals surface area contributed by atoms with Crippen LogP contribution in [0.25, 0.3) is 10.2 Å². The van der Waals surface area contributed by atoms with Gasteiger partial charge in [0.2, 0.25) is 11.8 Å². The predicted molar refractivity (Wildman–Crippen MR) is 85.4 cm³/mol. The van der Waals surface area contributed by atoms with E-state index in [1.165, 1.54) is 23.5 Å². The highest BCUT2D eigenvalue weighted by atomic mass is 79.9. The molecule has 0 saturated heterocycles. The number of ether oxygens (including phenoxy) is 1. The van der Waals surface area contributed by atoms with Crippen molar-refractivity contribution in [3.63, 3.8) is 0 Å². The van der Waals surface area contributed by atoms with Crippen LogP contribution in [0.5, 0.6) is 11.6 Å². The summed E-state index contributed by atoms with van der Waals surface area (Å²) in [6.45, 7) is 2.05. The van der Waals surface area contributed by atoms with E-state index < -0.39 is 5.82 Å². The highest BCUT2D eigenvalue weighted by Crippen LogP contribution is 2.34. The van der Waals surface area contributed by atoms with Gasteiger partial charge in [-0.15, -0.1) is 11.3 Å². The van der Waals surface area contributed by atoms with E-state index in [9.17, 15) is 4.39 Å². The van der Waals surface area contributed by atoms with Crippen molar-refractivity contribution >= 4 is 43.4 Å². The van der Waals surface area contributed by atoms with Crippen LogP contribution in [0.4, 0.5) is 10.3 Å². The van der Waals surface area contributed by atoms with Crippen molar-refractivity contribution in [2.45, 2.75) is 13.3 Å². The van der Waals surface area contributed by atoms with Crippen molar-refractivity contribution in [1.82, 2.24) is 9.97 Å². The minimum atomic E-state index is -0.472. The molecule has 0 aliphatic carbocycles. The number of hydrogen-bond donors (Lipinski definition) is 1. The molecule has 2 aromatic heterocycles. The van der Waals surface area contributed by atoms with Crippen LogP contribution in [-0.2, 0) is 6.42 Å². The minimum Gasteiger partial charge on any atom is -0.435 e. The van der Waals surface area contributed by atoms with Crippen LogP contribution < -0.4 is 10.5 Å². The Morgan fingerprint density at radius 1 is 1.33 bits per heavy atom. The average molecular weight is 368 g/mol. The number of fused-ring (bicyclic) bond motifs is 1. The van der Waals surface area contributed by atoms with Gasteiger partial charge in [-0.05, 0) is 30.7 Å². The molecular formula is C14H11BrFN3OS. The third kappa shape index (κ3) is 2.84. The number of thiophene rings is 1. The van der Waals surface area contributed by atoms with Gasteiger partial charge < -0.3 is 10.5 Å². The molecule has 0 atom stereocenters. The number of nitrogen functional groups attached to an aromatic ring is 1.